The first-order valence-corrected chi connectivity index (χ1v) is 7.93. The van der Waals surface area contributed by atoms with Crippen LogP contribution in [0.25, 0.3) is 0 Å². The summed E-state index contributed by atoms with van der Waals surface area (Å²) in [4.78, 5) is 7.24. The molecule has 3 unspecified atom stereocenters. The Hall–Kier alpha value is -0.610. The molecule has 1 aliphatic heterocycles. The zero-order valence-corrected chi connectivity index (χ0v) is 12.8. The van der Waals surface area contributed by atoms with Crippen LogP contribution in [0.4, 0.5) is 5.13 Å². The van der Waals surface area contributed by atoms with Gasteiger partial charge in [0.25, 0.3) is 0 Å². The Balaban J connectivity index is 1.98. The molecule has 0 bridgehead atoms. The van der Waals surface area contributed by atoms with Crippen LogP contribution in [0.5, 0.6) is 0 Å². The summed E-state index contributed by atoms with van der Waals surface area (Å²) in [5.74, 6) is 1.57. The van der Waals surface area contributed by atoms with Gasteiger partial charge >= 0.3 is 0 Å². The number of hydrogen-bond donors (Lipinski definition) is 1. The number of hydrogen-bond acceptors (Lipinski definition) is 4. The van der Waals surface area contributed by atoms with Crippen molar-refractivity contribution in [1.82, 2.24) is 10.3 Å². The van der Waals surface area contributed by atoms with Gasteiger partial charge in [0.05, 0.1) is 5.69 Å². The van der Waals surface area contributed by atoms with Crippen LogP contribution < -0.4 is 10.2 Å². The quantitative estimate of drug-likeness (QED) is 0.887. The summed E-state index contributed by atoms with van der Waals surface area (Å²) in [6.07, 6.45) is 1.17. The number of aromatic nitrogens is 1. The first-order valence-electron chi connectivity index (χ1n) is 7.05. The van der Waals surface area contributed by atoms with Crippen molar-refractivity contribution >= 4 is 16.5 Å². The van der Waals surface area contributed by atoms with E-state index in [-0.39, 0.29) is 0 Å². The van der Waals surface area contributed by atoms with Crippen molar-refractivity contribution in [2.24, 2.45) is 11.8 Å². The van der Waals surface area contributed by atoms with Crippen LogP contribution in [0.15, 0.2) is 5.38 Å². The number of nitrogens with one attached hydrogen (secondary N) is 1. The van der Waals surface area contributed by atoms with Crippen LogP contribution in [0.2, 0.25) is 0 Å². The number of rotatable bonds is 5. The second kappa shape index (κ2) is 6.02. The molecule has 1 N–H and O–H groups in total. The lowest BCUT2D eigenvalue weighted by molar-refractivity contribution is 0.494. The van der Waals surface area contributed by atoms with Gasteiger partial charge < -0.3 is 10.2 Å². The Morgan fingerprint density at radius 3 is 2.72 bits per heavy atom. The predicted molar refractivity (Wildman–Crippen MR) is 79.4 cm³/mol. The smallest absolute Gasteiger partial charge is 0.185 e. The molecule has 1 fully saturated rings. The van der Waals surface area contributed by atoms with Crippen molar-refractivity contribution in [3.8, 4) is 0 Å². The first kappa shape index (κ1) is 13.8. The molecule has 4 heteroatoms. The zero-order valence-electron chi connectivity index (χ0n) is 11.9. The average Bonchev–Trinajstić information content (AvgIpc) is 2.94. The molecule has 18 heavy (non-hydrogen) atoms. The Bertz CT molecular complexity index is 367. The Morgan fingerprint density at radius 2 is 2.11 bits per heavy atom. The molecule has 0 spiro atoms. The standard InChI is InChI=1S/C14H25N3S/c1-5-6-15-12(4)13-9-18-14(16-13)17-7-10(2)11(3)8-17/h9-12,15H,5-8H2,1-4H3. The fourth-order valence-electron chi connectivity index (χ4n) is 2.37. The highest BCUT2D eigenvalue weighted by molar-refractivity contribution is 7.13. The molecule has 2 rings (SSSR count). The number of nitrogens with zero attached hydrogens (tertiary/aromatic N) is 2. The van der Waals surface area contributed by atoms with E-state index in [0.29, 0.717) is 6.04 Å². The summed E-state index contributed by atoms with van der Waals surface area (Å²) in [5, 5.41) is 6.90. The molecule has 2 heterocycles. The lowest BCUT2D eigenvalue weighted by atomic mass is 10.0. The zero-order chi connectivity index (χ0) is 13.1. The van der Waals surface area contributed by atoms with Crippen molar-refractivity contribution < 1.29 is 0 Å². The van der Waals surface area contributed by atoms with E-state index < -0.39 is 0 Å². The van der Waals surface area contributed by atoms with Crippen LogP contribution in [0, 0.1) is 11.8 Å². The summed E-state index contributed by atoms with van der Waals surface area (Å²) in [6, 6.07) is 0.368. The minimum absolute atomic E-state index is 0.368. The van der Waals surface area contributed by atoms with Crippen LogP contribution in [0.1, 0.15) is 45.9 Å². The maximum atomic E-state index is 4.80. The van der Waals surface area contributed by atoms with Gasteiger partial charge in [-0.2, -0.15) is 0 Å². The van der Waals surface area contributed by atoms with E-state index in [2.05, 4.69) is 43.3 Å². The molecular formula is C14H25N3S. The second-order valence-electron chi connectivity index (χ2n) is 5.59. The Morgan fingerprint density at radius 1 is 1.44 bits per heavy atom. The van der Waals surface area contributed by atoms with Gasteiger partial charge in [-0.3, -0.25) is 0 Å². The molecule has 0 amide bonds. The molecule has 0 aromatic carbocycles. The van der Waals surface area contributed by atoms with E-state index in [1.807, 2.05) is 0 Å². The molecule has 0 radical (unpaired) electrons. The molecule has 1 saturated heterocycles. The molecule has 1 aromatic rings. The molecule has 1 aliphatic rings. The third kappa shape index (κ3) is 3.04. The largest absolute Gasteiger partial charge is 0.348 e. The number of thiazole rings is 1. The van der Waals surface area contributed by atoms with E-state index in [9.17, 15) is 0 Å². The van der Waals surface area contributed by atoms with E-state index >= 15 is 0 Å². The minimum atomic E-state index is 0.368. The average molecular weight is 267 g/mol. The van der Waals surface area contributed by atoms with Gasteiger partial charge in [0.2, 0.25) is 0 Å². The third-order valence-corrected chi connectivity index (χ3v) is 4.83. The summed E-state index contributed by atoms with van der Waals surface area (Å²) in [5.41, 5.74) is 1.19. The summed E-state index contributed by atoms with van der Waals surface area (Å²) in [6.45, 7) is 12.4. The highest BCUT2D eigenvalue weighted by atomic mass is 32.1. The Kier molecular flexibility index (Phi) is 4.62. The van der Waals surface area contributed by atoms with Gasteiger partial charge in [-0.25, -0.2) is 4.98 Å². The van der Waals surface area contributed by atoms with Crippen LogP contribution in [-0.2, 0) is 0 Å². The van der Waals surface area contributed by atoms with E-state index in [1.165, 1.54) is 17.2 Å². The predicted octanol–water partition coefficient (Wildman–Crippen LogP) is 3.30. The maximum absolute atomic E-state index is 4.80. The van der Waals surface area contributed by atoms with Crippen LogP contribution >= 0.6 is 11.3 Å². The van der Waals surface area contributed by atoms with E-state index in [0.717, 1.165) is 31.5 Å². The van der Waals surface area contributed by atoms with Gasteiger partial charge in [-0.15, -0.1) is 11.3 Å². The van der Waals surface area contributed by atoms with Crippen LogP contribution in [-0.4, -0.2) is 24.6 Å². The lowest BCUT2D eigenvalue weighted by Gasteiger charge is -2.14. The molecule has 3 atom stereocenters. The van der Waals surface area contributed by atoms with Crippen molar-refractivity contribution in [2.75, 3.05) is 24.5 Å². The molecule has 0 saturated carbocycles. The third-order valence-electron chi connectivity index (χ3n) is 3.91. The number of anilines is 1. The molecule has 1 aromatic heterocycles. The Labute approximate surface area is 115 Å². The fraction of sp³-hybridized carbons (Fsp3) is 0.786. The molecule has 102 valence electrons. The normalized spacial score (nSPS) is 25.7. The van der Waals surface area contributed by atoms with Gasteiger partial charge in [-0.05, 0) is 31.7 Å². The van der Waals surface area contributed by atoms with E-state index in [4.69, 9.17) is 4.98 Å². The molecule has 3 nitrogen and oxygen atoms in total. The second-order valence-corrected chi connectivity index (χ2v) is 6.43. The van der Waals surface area contributed by atoms with Gasteiger partial charge in [0, 0.05) is 24.5 Å². The van der Waals surface area contributed by atoms with Crippen molar-refractivity contribution in [2.45, 2.75) is 40.2 Å². The van der Waals surface area contributed by atoms with Gasteiger partial charge in [0.15, 0.2) is 5.13 Å². The highest BCUT2D eigenvalue weighted by Crippen LogP contribution is 2.31. The van der Waals surface area contributed by atoms with Crippen molar-refractivity contribution in [3.63, 3.8) is 0 Å². The summed E-state index contributed by atoms with van der Waals surface area (Å²) < 4.78 is 0. The van der Waals surface area contributed by atoms with Crippen molar-refractivity contribution in [3.05, 3.63) is 11.1 Å². The SMILES string of the molecule is CCCNC(C)c1csc(N2CC(C)C(C)C2)n1. The summed E-state index contributed by atoms with van der Waals surface area (Å²) >= 11 is 1.79. The van der Waals surface area contributed by atoms with E-state index in [1.54, 1.807) is 11.3 Å². The monoisotopic (exact) mass is 267 g/mol. The fourth-order valence-corrected chi connectivity index (χ4v) is 3.31. The molecular weight excluding hydrogens is 242 g/mol. The molecule has 0 aliphatic carbocycles. The van der Waals surface area contributed by atoms with Gasteiger partial charge in [0.1, 0.15) is 0 Å². The minimum Gasteiger partial charge on any atom is -0.348 e. The lowest BCUT2D eigenvalue weighted by Crippen LogP contribution is -2.21. The first-order chi connectivity index (χ1) is 8.61. The van der Waals surface area contributed by atoms with Crippen molar-refractivity contribution in [1.29, 1.82) is 0 Å². The topological polar surface area (TPSA) is 28.2 Å². The maximum Gasteiger partial charge on any atom is 0.185 e. The van der Waals surface area contributed by atoms with Gasteiger partial charge in [-0.1, -0.05) is 20.8 Å². The summed E-state index contributed by atoms with van der Waals surface area (Å²) in [7, 11) is 0. The highest BCUT2D eigenvalue weighted by Gasteiger charge is 2.28. The van der Waals surface area contributed by atoms with Crippen LogP contribution in [0.3, 0.4) is 0 Å².